The van der Waals surface area contributed by atoms with Gasteiger partial charge in [-0.05, 0) is 55.9 Å². The van der Waals surface area contributed by atoms with Gasteiger partial charge in [-0.3, -0.25) is 9.59 Å². The molecule has 5 heteroatoms. The van der Waals surface area contributed by atoms with Crippen LogP contribution < -0.4 is 10.5 Å². The van der Waals surface area contributed by atoms with Gasteiger partial charge in [-0.15, -0.1) is 0 Å². The minimum atomic E-state index is -0.468. The molecule has 1 aliphatic carbocycles. The van der Waals surface area contributed by atoms with Crippen molar-refractivity contribution in [2.75, 3.05) is 13.2 Å². The van der Waals surface area contributed by atoms with E-state index >= 15 is 0 Å². The number of carbonyl (C=O) groups is 2. The van der Waals surface area contributed by atoms with Crippen LogP contribution in [0, 0.1) is 5.92 Å². The molecule has 1 atom stereocenters. The summed E-state index contributed by atoms with van der Waals surface area (Å²) in [6, 6.07) is 6.98. The molecule has 0 spiro atoms. The van der Waals surface area contributed by atoms with Crippen LogP contribution in [0.15, 0.2) is 24.3 Å². The number of amides is 2. The van der Waals surface area contributed by atoms with Gasteiger partial charge in [0.25, 0.3) is 5.91 Å². The molecular weight excluding hydrogens is 304 g/mol. The van der Waals surface area contributed by atoms with E-state index in [1.807, 2.05) is 4.90 Å². The summed E-state index contributed by atoms with van der Waals surface area (Å²) in [5.41, 5.74) is 5.65. The van der Waals surface area contributed by atoms with Crippen LogP contribution in [0.3, 0.4) is 0 Å². The van der Waals surface area contributed by atoms with E-state index in [0.29, 0.717) is 23.3 Å². The third-order valence-electron chi connectivity index (χ3n) is 5.31. The monoisotopic (exact) mass is 330 g/mol. The average Bonchev–Trinajstić information content (AvgIpc) is 3.10. The summed E-state index contributed by atoms with van der Waals surface area (Å²) in [6.07, 6.45) is 8.66. The fraction of sp³-hybridized carbons (Fsp3) is 0.579. The summed E-state index contributed by atoms with van der Waals surface area (Å²) in [4.78, 5) is 25.7. The molecule has 24 heavy (non-hydrogen) atoms. The van der Waals surface area contributed by atoms with Gasteiger partial charge in [0.1, 0.15) is 5.75 Å². The van der Waals surface area contributed by atoms with Crippen molar-refractivity contribution in [1.82, 2.24) is 4.90 Å². The number of hydrogen-bond donors (Lipinski definition) is 1. The summed E-state index contributed by atoms with van der Waals surface area (Å²) in [7, 11) is 0. The number of nitrogens with zero attached hydrogens (tertiary/aromatic N) is 1. The Balaban J connectivity index is 1.54. The maximum Gasteiger partial charge on any atom is 0.260 e. The van der Waals surface area contributed by atoms with Crippen molar-refractivity contribution >= 4 is 11.8 Å². The molecule has 1 heterocycles. The van der Waals surface area contributed by atoms with E-state index in [-0.39, 0.29) is 12.5 Å². The van der Waals surface area contributed by atoms with E-state index in [4.69, 9.17) is 10.5 Å². The third kappa shape index (κ3) is 3.89. The first-order valence-corrected chi connectivity index (χ1v) is 8.97. The topological polar surface area (TPSA) is 72.6 Å². The third-order valence-corrected chi connectivity index (χ3v) is 5.31. The summed E-state index contributed by atoms with van der Waals surface area (Å²) < 4.78 is 5.61. The molecular formula is C19H26N2O3. The van der Waals surface area contributed by atoms with Crippen molar-refractivity contribution in [2.45, 2.75) is 51.0 Å². The van der Waals surface area contributed by atoms with Crippen molar-refractivity contribution in [1.29, 1.82) is 0 Å². The Labute approximate surface area is 143 Å². The van der Waals surface area contributed by atoms with E-state index in [1.165, 1.54) is 32.1 Å². The minimum absolute atomic E-state index is 0.0547. The Kier molecular flexibility index (Phi) is 5.38. The van der Waals surface area contributed by atoms with Crippen LogP contribution in [-0.4, -0.2) is 35.9 Å². The predicted molar refractivity (Wildman–Crippen MR) is 91.8 cm³/mol. The van der Waals surface area contributed by atoms with Gasteiger partial charge in [-0.2, -0.15) is 0 Å². The Morgan fingerprint density at radius 3 is 2.42 bits per heavy atom. The van der Waals surface area contributed by atoms with Crippen molar-refractivity contribution in [3.05, 3.63) is 29.8 Å². The van der Waals surface area contributed by atoms with Gasteiger partial charge in [0, 0.05) is 18.2 Å². The second-order valence-corrected chi connectivity index (χ2v) is 6.87. The van der Waals surface area contributed by atoms with E-state index in [2.05, 4.69) is 0 Å². The van der Waals surface area contributed by atoms with E-state index in [0.717, 1.165) is 19.4 Å². The fourth-order valence-corrected chi connectivity index (χ4v) is 4.05. The zero-order valence-corrected chi connectivity index (χ0v) is 14.1. The maximum atomic E-state index is 12.6. The first-order valence-electron chi connectivity index (χ1n) is 8.97. The van der Waals surface area contributed by atoms with Crippen LogP contribution in [0.2, 0.25) is 0 Å². The number of carbonyl (C=O) groups excluding carboxylic acids is 2. The molecule has 2 aliphatic rings. The van der Waals surface area contributed by atoms with Crippen molar-refractivity contribution in [3.63, 3.8) is 0 Å². The highest BCUT2D eigenvalue weighted by molar-refractivity contribution is 5.92. The van der Waals surface area contributed by atoms with Gasteiger partial charge < -0.3 is 15.4 Å². The number of primary amides is 1. The first kappa shape index (κ1) is 16.8. The Morgan fingerprint density at radius 1 is 1.04 bits per heavy atom. The van der Waals surface area contributed by atoms with Gasteiger partial charge >= 0.3 is 0 Å². The summed E-state index contributed by atoms with van der Waals surface area (Å²) in [6.45, 7) is 0.906. The maximum absolute atomic E-state index is 12.6. The summed E-state index contributed by atoms with van der Waals surface area (Å²) in [5.74, 6) is 0.855. The quantitative estimate of drug-likeness (QED) is 0.902. The predicted octanol–water partition coefficient (Wildman–Crippen LogP) is 2.74. The summed E-state index contributed by atoms with van der Waals surface area (Å²) >= 11 is 0. The lowest BCUT2D eigenvalue weighted by molar-refractivity contribution is -0.135. The van der Waals surface area contributed by atoms with Gasteiger partial charge in [-0.25, -0.2) is 0 Å². The van der Waals surface area contributed by atoms with Crippen LogP contribution in [-0.2, 0) is 4.79 Å². The highest BCUT2D eigenvalue weighted by Gasteiger charge is 2.35. The van der Waals surface area contributed by atoms with Crippen molar-refractivity contribution in [3.8, 4) is 5.75 Å². The molecule has 2 N–H and O–H groups in total. The molecule has 1 saturated carbocycles. The van der Waals surface area contributed by atoms with E-state index in [1.54, 1.807) is 24.3 Å². The normalized spacial score (nSPS) is 21.7. The van der Waals surface area contributed by atoms with Gasteiger partial charge in [0.2, 0.25) is 5.91 Å². The molecule has 0 radical (unpaired) electrons. The number of likely N-dealkylation sites (tertiary alicyclic amines) is 1. The molecule has 130 valence electrons. The molecule has 0 unspecified atom stereocenters. The molecule has 2 amide bonds. The van der Waals surface area contributed by atoms with E-state index in [9.17, 15) is 9.59 Å². The lowest BCUT2D eigenvalue weighted by atomic mass is 9.83. The van der Waals surface area contributed by atoms with Crippen LogP contribution in [0.25, 0.3) is 0 Å². The number of benzene rings is 1. The number of ether oxygens (including phenoxy) is 1. The molecule has 1 aromatic rings. The number of hydrogen-bond acceptors (Lipinski definition) is 3. The molecule has 1 aliphatic heterocycles. The molecule has 1 saturated heterocycles. The molecule has 0 aromatic heterocycles. The minimum Gasteiger partial charge on any atom is -0.484 e. The van der Waals surface area contributed by atoms with Crippen LogP contribution >= 0.6 is 0 Å². The Hall–Kier alpha value is -2.04. The van der Waals surface area contributed by atoms with E-state index < -0.39 is 5.91 Å². The molecule has 3 rings (SSSR count). The standard InChI is InChI=1S/C19H26N2O3/c20-19(23)15-8-10-16(11-9-15)24-13-18(22)21-12-4-7-17(21)14-5-2-1-3-6-14/h8-11,14,17H,1-7,12-13H2,(H2,20,23)/t17-/m1/s1. The van der Waals surface area contributed by atoms with Gasteiger partial charge in [0.05, 0.1) is 0 Å². The van der Waals surface area contributed by atoms with Gasteiger partial charge in [0.15, 0.2) is 6.61 Å². The van der Waals surface area contributed by atoms with Gasteiger partial charge in [-0.1, -0.05) is 19.3 Å². The smallest absolute Gasteiger partial charge is 0.260 e. The van der Waals surface area contributed by atoms with Crippen molar-refractivity contribution < 1.29 is 14.3 Å². The zero-order valence-electron chi connectivity index (χ0n) is 14.1. The van der Waals surface area contributed by atoms with Crippen molar-refractivity contribution in [2.24, 2.45) is 11.7 Å². The zero-order chi connectivity index (χ0) is 16.9. The largest absolute Gasteiger partial charge is 0.484 e. The van der Waals surface area contributed by atoms with Crippen LogP contribution in [0.1, 0.15) is 55.3 Å². The van der Waals surface area contributed by atoms with Crippen LogP contribution in [0.5, 0.6) is 5.75 Å². The molecule has 5 nitrogen and oxygen atoms in total. The molecule has 1 aromatic carbocycles. The summed E-state index contributed by atoms with van der Waals surface area (Å²) in [5, 5.41) is 0. The second kappa shape index (κ2) is 7.69. The molecule has 2 fully saturated rings. The lowest BCUT2D eigenvalue weighted by Gasteiger charge is -2.34. The second-order valence-electron chi connectivity index (χ2n) is 6.87. The highest BCUT2D eigenvalue weighted by atomic mass is 16.5. The Morgan fingerprint density at radius 2 is 1.75 bits per heavy atom. The molecule has 0 bridgehead atoms. The highest BCUT2D eigenvalue weighted by Crippen LogP contribution is 2.34. The number of rotatable bonds is 5. The Bertz CT molecular complexity index is 579. The lowest BCUT2D eigenvalue weighted by Crippen LogP contribution is -2.43. The average molecular weight is 330 g/mol. The SMILES string of the molecule is NC(=O)c1ccc(OCC(=O)N2CCC[C@@H]2C2CCCCC2)cc1. The fourth-order valence-electron chi connectivity index (χ4n) is 4.05. The van der Waals surface area contributed by atoms with Crippen LogP contribution in [0.4, 0.5) is 0 Å². The number of nitrogens with two attached hydrogens (primary N) is 1. The first-order chi connectivity index (χ1) is 11.6.